The van der Waals surface area contributed by atoms with Gasteiger partial charge < -0.3 is 25.0 Å². The van der Waals surface area contributed by atoms with E-state index in [1.165, 1.54) is 27.1 Å². The number of thioether (sulfide) groups is 2. The van der Waals surface area contributed by atoms with Crippen LogP contribution < -0.4 is 11.2 Å². The van der Waals surface area contributed by atoms with E-state index in [9.17, 15) is 9.59 Å². The van der Waals surface area contributed by atoms with Gasteiger partial charge in [0.15, 0.2) is 0 Å². The van der Waals surface area contributed by atoms with Crippen LogP contribution in [-0.2, 0) is 33.7 Å². The third-order valence-electron chi connectivity index (χ3n) is 10.1. The molecule has 0 spiro atoms. The second-order valence-corrected chi connectivity index (χ2v) is 17.8. The molecule has 1 aliphatic rings. The Labute approximate surface area is 365 Å². The number of amides is 3. The van der Waals surface area contributed by atoms with Gasteiger partial charge in [0.05, 0.1) is 33.6 Å². The molecule has 12 nitrogen and oxygen atoms in total. The summed E-state index contributed by atoms with van der Waals surface area (Å²) in [6.07, 6.45) is 13.7. The molecule has 0 radical (unpaired) electrons. The normalized spacial score (nSPS) is 14.9. The predicted molar refractivity (Wildman–Crippen MR) is 250 cm³/mol. The molecule has 1 saturated heterocycles. The van der Waals surface area contributed by atoms with Crippen LogP contribution in [0.2, 0.25) is 0 Å². The van der Waals surface area contributed by atoms with E-state index in [-0.39, 0.29) is 36.5 Å². The van der Waals surface area contributed by atoms with Gasteiger partial charge in [-0.15, -0.1) is 23.1 Å². The number of carboxylic acid groups (broad SMARTS) is 1. The second kappa shape index (κ2) is 26.6. The van der Waals surface area contributed by atoms with E-state index in [2.05, 4.69) is 80.5 Å². The fourth-order valence-corrected chi connectivity index (χ4v) is 8.28. The summed E-state index contributed by atoms with van der Waals surface area (Å²) < 4.78 is 8.17. The minimum absolute atomic E-state index is 0.0819. The van der Waals surface area contributed by atoms with E-state index in [0.717, 1.165) is 72.7 Å². The molecule has 15 heteroatoms. The van der Waals surface area contributed by atoms with Crippen molar-refractivity contribution < 1.29 is 24.2 Å². The summed E-state index contributed by atoms with van der Waals surface area (Å²) in [5.41, 5.74) is 16.4. The monoisotopic (exact) mass is 871 g/mol. The molecular weight excluding hydrogens is 803 g/mol. The lowest BCUT2D eigenvalue weighted by atomic mass is 9.94. The highest BCUT2D eigenvalue weighted by atomic mass is 32.2. The number of fused-ring (bicyclic) bond motifs is 1. The van der Waals surface area contributed by atoms with Crippen molar-refractivity contribution in [1.82, 2.24) is 29.9 Å². The number of carbonyl (C=O) groups excluding carboxylic acids is 2. The van der Waals surface area contributed by atoms with Crippen LogP contribution in [-0.4, -0.2) is 98.8 Å². The number of benzene rings is 1. The second-order valence-electron chi connectivity index (χ2n) is 15.0. The standard InChI is InChI=1S/C36H49N5O2S2.C5H12N2O.C2H6S.CH2O2/c1-8-25(36(42)41-18-11-10-14-32(39-41)44-7)21-33-38-30(22-45-33)26-15-16-31-28(20-26)29(19-23(3)4)35(40(31)9-2)27-13-12-17-37-34(27)24(5)43-6;1-4(2)7(3)5(6)8;1-3-2;2-1-3/h12-13,15-17,20,22-25,32,39H,8-11,14,18-19,21H2,1-7H3;4H,1-3H3,(H2,6,8);1-2H3;1H,(H,2,3). The topological polar surface area (TPSA) is 156 Å². The molecule has 4 N–H and O–H groups in total. The van der Waals surface area contributed by atoms with Gasteiger partial charge in [-0.1, -0.05) is 26.8 Å². The molecule has 3 atom stereocenters. The van der Waals surface area contributed by atoms with Crippen molar-refractivity contribution in [3.8, 4) is 22.5 Å². The number of primary amides is 1. The lowest BCUT2D eigenvalue weighted by molar-refractivity contribution is -0.139. The minimum atomic E-state index is -0.375. The molecular formula is C44H69N7O5S3. The van der Waals surface area contributed by atoms with Crippen LogP contribution >= 0.6 is 34.9 Å². The van der Waals surface area contributed by atoms with Gasteiger partial charge in [-0.3, -0.25) is 19.6 Å². The van der Waals surface area contributed by atoms with Gasteiger partial charge >= 0.3 is 6.03 Å². The first-order valence-electron chi connectivity index (χ1n) is 20.4. The smallest absolute Gasteiger partial charge is 0.314 e. The van der Waals surface area contributed by atoms with Crippen LogP contribution in [0.3, 0.4) is 0 Å². The first-order chi connectivity index (χ1) is 28.2. The van der Waals surface area contributed by atoms with E-state index in [1.54, 1.807) is 49.0 Å². The number of nitrogens with two attached hydrogens (primary N) is 1. The van der Waals surface area contributed by atoms with Gasteiger partial charge in [-0.25, -0.2) is 15.2 Å². The van der Waals surface area contributed by atoms with E-state index < -0.39 is 0 Å². The Morgan fingerprint density at radius 1 is 1.12 bits per heavy atom. The number of aromatic nitrogens is 3. The van der Waals surface area contributed by atoms with Crippen molar-refractivity contribution in [1.29, 1.82) is 0 Å². The summed E-state index contributed by atoms with van der Waals surface area (Å²) in [5.74, 6) is 0.602. The maximum absolute atomic E-state index is 13.6. The number of hydrogen-bond acceptors (Lipinski definition) is 10. The van der Waals surface area contributed by atoms with Gasteiger partial charge in [0.1, 0.15) is 0 Å². The summed E-state index contributed by atoms with van der Waals surface area (Å²) in [6.45, 7) is 16.2. The van der Waals surface area contributed by atoms with Gasteiger partial charge in [-0.2, -0.15) is 11.8 Å². The van der Waals surface area contributed by atoms with E-state index in [4.69, 9.17) is 30.3 Å². The van der Waals surface area contributed by atoms with Crippen LogP contribution in [0.1, 0.15) is 96.5 Å². The molecule has 328 valence electrons. The maximum Gasteiger partial charge on any atom is 0.314 e. The zero-order chi connectivity index (χ0) is 44.2. The zero-order valence-corrected chi connectivity index (χ0v) is 39.7. The lowest BCUT2D eigenvalue weighted by Gasteiger charge is -2.28. The Morgan fingerprint density at radius 3 is 2.34 bits per heavy atom. The highest BCUT2D eigenvalue weighted by Crippen LogP contribution is 2.40. The number of carbonyl (C=O) groups is 3. The molecule has 0 aliphatic carbocycles. The van der Waals surface area contributed by atoms with Crippen molar-refractivity contribution in [3.05, 3.63) is 58.2 Å². The number of hydrogen-bond donors (Lipinski definition) is 3. The molecule has 59 heavy (non-hydrogen) atoms. The number of methoxy groups -OCH3 is 1. The third-order valence-corrected chi connectivity index (χ3v) is 11.9. The number of nitrogens with one attached hydrogen (secondary N) is 1. The minimum Gasteiger partial charge on any atom is -0.483 e. The van der Waals surface area contributed by atoms with E-state index in [0.29, 0.717) is 17.7 Å². The van der Waals surface area contributed by atoms with Crippen molar-refractivity contribution in [2.75, 3.05) is 39.5 Å². The van der Waals surface area contributed by atoms with Crippen LogP contribution in [0, 0.1) is 11.8 Å². The molecule has 4 heterocycles. The summed E-state index contributed by atoms with van der Waals surface area (Å²) in [4.78, 5) is 43.6. The average Bonchev–Trinajstić information content (AvgIpc) is 3.72. The van der Waals surface area contributed by atoms with Crippen molar-refractivity contribution in [2.24, 2.45) is 17.6 Å². The van der Waals surface area contributed by atoms with Crippen LogP contribution in [0.25, 0.3) is 33.4 Å². The summed E-state index contributed by atoms with van der Waals surface area (Å²) in [7, 11) is 3.42. The van der Waals surface area contributed by atoms with Crippen LogP contribution in [0.4, 0.5) is 4.79 Å². The SMILES string of the molecule is CC(C)N(C)C(N)=O.CCC(Cc1nc(-c2ccc3c(c2)c(CC(C)C)c(-c2cccnc2C(C)OC)n3CC)cs1)C(=O)N1CCCCC(SC)N1.CSC.O=CO. The molecule has 4 aromatic rings. The van der Waals surface area contributed by atoms with E-state index >= 15 is 0 Å². The fraction of sp³-hybridized carbons (Fsp3) is 0.568. The van der Waals surface area contributed by atoms with Crippen LogP contribution in [0.15, 0.2) is 41.9 Å². The number of nitrogens with zero attached hydrogens (tertiary/aromatic N) is 5. The largest absolute Gasteiger partial charge is 0.483 e. The first kappa shape index (κ1) is 51.5. The van der Waals surface area contributed by atoms with E-state index in [1.807, 2.05) is 43.6 Å². The number of hydrazine groups is 1. The molecule has 0 bridgehead atoms. The quantitative estimate of drug-likeness (QED) is 0.111. The predicted octanol–water partition coefficient (Wildman–Crippen LogP) is 9.61. The zero-order valence-electron chi connectivity index (χ0n) is 37.3. The van der Waals surface area contributed by atoms with Crippen molar-refractivity contribution in [2.45, 2.75) is 111 Å². The summed E-state index contributed by atoms with van der Waals surface area (Å²) in [5, 5.41) is 13.5. The molecule has 3 aromatic heterocycles. The van der Waals surface area contributed by atoms with Gasteiger partial charge in [0.25, 0.3) is 6.47 Å². The summed E-state index contributed by atoms with van der Waals surface area (Å²) in [6, 6.07) is 10.8. The number of ether oxygens (including phenoxy) is 1. The Bertz CT molecular complexity index is 1880. The molecule has 5 rings (SSSR count). The average molecular weight is 872 g/mol. The Hall–Kier alpha value is -3.63. The molecule has 3 unspecified atom stereocenters. The number of urea groups is 1. The van der Waals surface area contributed by atoms with Crippen molar-refractivity contribution >= 4 is 64.2 Å². The lowest BCUT2D eigenvalue weighted by Crippen LogP contribution is -2.48. The first-order valence-corrected chi connectivity index (χ1v) is 24.2. The molecule has 3 amide bonds. The Kier molecular flexibility index (Phi) is 23.2. The Balaban J connectivity index is 0.000000742. The molecule has 0 saturated carbocycles. The fourth-order valence-electron chi connectivity index (χ4n) is 6.76. The number of pyridine rings is 1. The molecule has 1 aromatic carbocycles. The van der Waals surface area contributed by atoms with Gasteiger partial charge in [0.2, 0.25) is 5.91 Å². The van der Waals surface area contributed by atoms with Gasteiger partial charge in [-0.05, 0) is 114 Å². The molecule has 1 aliphatic heterocycles. The number of rotatable bonds is 13. The highest BCUT2D eigenvalue weighted by molar-refractivity contribution is 7.99. The molecule has 1 fully saturated rings. The van der Waals surface area contributed by atoms with Gasteiger partial charge in [0, 0.05) is 79.2 Å². The Morgan fingerprint density at radius 2 is 1.80 bits per heavy atom. The van der Waals surface area contributed by atoms with Crippen molar-refractivity contribution in [3.63, 3.8) is 0 Å². The van der Waals surface area contributed by atoms with Crippen LogP contribution in [0.5, 0.6) is 0 Å². The highest BCUT2D eigenvalue weighted by Gasteiger charge is 2.28. The maximum atomic E-state index is 13.6. The number of thiazole rings is 1. The summed E-state index contributed by atoms with van der Waals surface area (Å²) >= 11 is 5.20. The number of aryl methyl sites for hydroxylation is 1. The third kappa shape index (κ3) is 14.8.